The number of carbonyl (C=O) groups is 1. The third kappa shape index (κ3) is 3.53. The molecular formula is C20H22N4O3S. The van der Waals surface area contributed by atoms with Gasteiger partial charge < -0.3 is 9.72 Å². The Labute approximate surface area is 164 Å². The number of nitrogens with zero attached hydrogens (tertiary/aromatic N) is 3. The summed E-state index contributed by atoms with van der Waals surface area (Å²) in [4.78, 5) is 17.1. The van der Waals surface area contributed by atoms with E-state index in [9.17, 15) is 13.2 Å². The normalized spacial score (nSPS) is 15.6. The second-order valence-electron chi connectivity index (χ2n) is 6.97. The Morgan fingerprint density at radius 2 is 1.82 bits per heavy atom. The molecule has 0 spiro atoms. The molecule has 1 aliphatic heterocycles. The lowest BCUT2D eigenvalue weighted by molar-refractivity contribution is 0.102. The Morgan fingerprint density at radius 3 is 2.57 bits per heavy atom. The SMILES string of the molecule is Cc1cccc2nc(C(=O)Nc3cccc(S(=O)(=O)N4CCCCC4)c3)cn12. The van der Waals surface area contributed by atoms with E-state index in [0.29, 0.717) is 24.4 Å². The number of rotatable bonds is 4. The van der Waals surface area contributed by atoms with Crippen LogP contribution < -0.4 is 5.32 Å². The van der Waals surface area contributed by atoms with Gasteiger partial charge in [-0.05, 0) is 50.1 Å². The third-order valence-electron chi connectivity index (χ3n) is 4.97. The molecule has 146 valence electrons. The Morgan fingerprint density at radius 1 is 1.07 bits per heavy atom. The number of hydrogen-bond donors (Lipinski definition) is 1. The summed E-state index contributed by atoms with van der Waals surface area (Å²) in [5, 5.41) is 2.76. The molecule has 1 saturated heterocycles. The quantitative estimate of drug-likeness (QED) is 0.732. The van der Waals surface area contributed by atoms with Crippen LogP contribution in [-0.2, 0) is 10.0 Å². The van der Waals surface area contributed by atoms with Crippen LogP contribution in [0.3, 0.4) is 0 Å². The molecule has 0 saturated carbocycles. The average molecular weight is 398 g/mol. The second kappa shape index (κ2) is 7.37. The topological polar surface area (TPSA) is 83.8 Å². The summed E-state index contributed by atoms with van der Waals surface area (Å²) in [5.74, 6) is -0.379. The molecule has 0 bridgehead atoms. The zero-order chi connectivity index (χ0) is 19.7. The van der Waals surface area contributed by atoms with Gasteiger partial charge in [0.15, 0.2) is 0 Å². The highest BCUT2D eigenvalue weighted by Crippen LogP contribution is 2.23. The number of aryl methyl sites for hydroxylation is 1. The van der Waals surface area contributed by atoms with Gasteiger partial charge in [0.1, 0.15) is 11.3 Å². The maximum absolute atomic E-state index is 12.8. The molecule has 8 heteroatoms. The molecule has 1 aliphatic rings. The summed E-state index contributed by atoms with van der Waals surface area (Å²) in [6, 6.07) is 12.0. The van der Waals surface area contributed by atoms with Gasteiger partial charge in [0.2, 0.25) is 10.0 Å². The van der Waals surface area contributed by atoms with Crippen molar-refractivity contribution in [2.24, 2.45) is 0 Å². The molecule has 0 unspecified atom stereocenters. The molecule has 1 aromatic carbocycles. The van der Waals surface area contributed by atoms with Crippen molar-refractivity contribution in [3.63, 3.8) is 0 Å². The maximum atomic E-state index is 12.8. The lowest BCUT2D eigenvalue weighted by Gasteiger charge is -2.26. The lowest BCUT2D eigenvalue weighted by Crippen LogP contribution is -2.35. The first-order valence-corrected chi connectivity index (χ1v) is 10.8. The molecule has 0 radical (unpaired) electrons. The summed E-state index contributed by atoms with van der Waals surface area (Å²) in [5.41, 5.74) is 2.36. The van der Waals surface area contributed by atoms with E-state index in [-0.39, 0.29) is 16.5 Å². The van der Waals surface area contributed by atoms with E-state index >= 15 is 0 Å². The second-order valence-corrected chi connectivity index (χ2v) is 8.91. The molecule has 28 heavy (non-hydrogen) atoms. The monoisotopic (exact) mass is 398 g/mol. The first-order chi connectivity index (χ1) is 13.4. The summed E-state index contributed by atoms with van der Waals surface area (Å²) < 4.78 is 29.1. The van der Waals surface area contributed by atoms with Gasteiger partial charge in [0.05, 0.1) is 4.90 Å². The molecule has 0 aliphatic carbocycles. The van der Waals surface area contributed by atoms with Gasteiger partial charge in [-0.2, -0.15) is 4.31 Å². The number of sulfonamides is 1. The number of carbonyl (C=O) groups excluding carboxylic acids is 1. The van der Waals surface area contributed by atoms with E-state index in [0.717, 1.165) is 25.0 Å². The van der Waals surface area contributed by atoms with Crippen LogP contribution in [0.2, 0.25) is 0 Å². The Balaban J connectivity index is 1.57. The molecular weight excluding hydrogens is 376 g/mol. The molecule has 1 fully saturated rings. The van der Waals surface area contributed by atoms with Gasteiger partial charge in [-0.25, -0.2) is 13.4 Å². The van der Waals surface area contributed by atoms with Crippen LogP contribution in [0.5, 0.6) is 0 Å². The van der Waals surface area contributed by atoms with Gasteiger partial charge in [-0.3, -0.25) is 4.79 Å². The van der Waals surface area contributed by atoms with Gasteiger partial charge in [-0.1, -0.05) is 18.6 Å². The van der Waals surface area contributed by atoms with Gasteiger partial charge in [0, 0.05) is 30.7 Å². The zero-order valence-electron chi connectivity index (χ0n) is 15.6. The number of hydrogen-bond acceptors (Lipinski definition) is 4. The first kappa shape index (κ1) is 18.6. The van der Waals surface area contributed by atoms with E-state index < -0.39 is 10.0 Å². The van der Waals surface area contributed by atoms with Crippen LogP contribution in [0.15, 0.2) is 53.6 Å². The number of anilines is 1. The predicted octanol–water partition coefficient (Wildman–Crippen LogP) is 3.07. The summed E-state index contributed by atoms with van der Waals surface area (Å²) in [6.07, 6.45) is 4.49. The number of amides is 1. The van der Waals surface area contributed by atoms with Crippen LogP contribution >= 0.6 is 0 Å². The molecule has 0 atom stereocenters. The fourth-order valence-electron chi connectivity index (χ4n) is 3.44. The zero-order valence-corrected chi connectivity index (χ0v) is 16.4. The van der Waals surface area contributed by atoms with Crippen LogP contribution in [0.1, 0.15) is 35.4 Å². The molecule has 2 aromatic heterocycles. The minimum absolute atomic E-state index is 0.193. The van der Waals surface area contributed by atoms with E-state index in [1.807, 2.05) is 29.5 Å². The number of benzene rings is 1. The number of aromatic nitrogens is 2. The Bertz CT molecular complexity index is 1130. The van der Waals surface area contributed by atoms with Crippen LogP contribution in [0, 0.1) is 6.92 Å². The molecule has 7 nitrogen and oxygen atoms in total. The molecule has 1 N–H and O–H groups in total. The highest BCUT2D eigenvalue weighted by atomic mass is 32.2. The summed E-state index contributed by atoms with van der Waals surface area (Å²) in [7, 11) is -3.55. The van der Waals surface area contributed by atoms with Crippen molar-refractivity contribution in [2.75, 3.05) is 18.4 Å². The average Bonchev–Trinajstić information content (AvgIpc) is 3.15. The molecule has 4 rings (SSSR count). The van der Waals surface area contributed by atoms with Crippen LogP contribution in [0.25, 0.3) is 5.65 Å². The third-order valence-corrected chi connectivity index (χ3v) is 6.87. The number of nitrogens with one attached hydrogen (secondary N) is 1. The van der Waals surface area contributed by atoms with Crippen molar-refractivity contribution in [1.82, 2.24) is 13.7 Å². The van der Waals surface area contributed by atoms with Crippen molar-refractivity contribution in [3.05, 3.63) is 60.0 Å². The van der Waals surface area contributed by atoms with E-state index in [4.69, 9.17) is 0 Å². The minimum Gasteiger partial charge on any atom is -0.321 e. The largest absolute Gasteiger partial charge is 0.321 e. The first-order valence-electron chi connectivity index (χ1n) is 9.31. The number of imidazole rings is 1. The van der Waals surface area contributed by atoms with Crippen molar-refractivity contribution in [2.45, 2.75) is 31.1 Å². The van der Waals surface area contributed by atoms with Crippen LogP contribution in [0.4, 0.5) is 5.69 Å². The standard InChI is InChI=1S/C20H22N4O3S/c1-15-7-5-10-19-22-18(14-24(15)19)20(25)21-16-8-6-9-17(13-16)28(26,27)23-11-3-2-4-12-23/h5-10,13-14H,2-4,11-12H2,1H3,(H,21,25). The highest BCUT2D eigenvalue weighted by Gasteiger charge is 2.26. The summed E-state index contributed by atoms with van der Waals surface area (Å²) >= 11 is 0. The minimum atomic E-state index is -3.55. The summed E-state index contributed by atoms with van der Waals surface area (Å²) in [6.45, 7) is 3.02. The predicted molar refractivity (Wildman–Crippen MR) is 107 cm³/mol. The van der Waals surface area contributed by atoms with Crippen molar-refractivity contribution in [3.8, 4) is 0 Å². The van der Waals surface area contributed by atoms with E-state index in [1.54, 1.807) is 24.4 Å². The maximum Gasteiger partial charge on any atom is 0.275 e. The fraction of sp³-hybridized carbons (Fsp3) is 0.300. The number of fused-ring (bicyclic) bond motifs is 1. The van der Waals surface area contributed by atoms with Crippen molar-refractivity contribution in [1.29, 1.82) is 0 Å². The van der Waals surface area contributed by atoms with Gasteiger partial charge >= 0.3 is 0 Å². The smallest absolute Gasteiger partial charge is 0.275 e. The number of piperidine rings is 1. The van der Waals surface area contributed by atoms with Crippen LogP contribution in [-0.4, -0.2) is 41.1 Å². The number of pyridine rings is 1. The Kier molecular flexibility index (Phi) is 4.91. The Hall–Kier alpha value is -2.71. The van der Waals surface area contributed by atoms with Gasteiger partial charge in [0.25, 0.3) is 5.91 Å². The molecule has 3 heterocycles. The van der Waals surface area contributed by atoms with Crippen molar-refractivity contribution < 1.29 is 13.2 Å². The van der Waals surface area contributed by atoms with E-state index in [2.05, 4.69) is 10.3 Å². The molecule has 1 amide bonds. The van der Waals surface area contributed by atoms with Crippen molar-refractivity contribution >= 4 is 27.3 Å². The lowest BCUT2D eigenvalue weighted by atomic mass is 10.2. The van der Waals surface area contributed by atoms with E-state index in [1.165, 1.54) is 10.4 Å². The fourth-order valence-corrected chi connectivity index (χ4v) is 5.01. The van der Waals surface area contributed by atoms with Gasteiger partial charge in [-0.15, -0.1) is 0 Å². The highest BCUT2D eigenvalue weighted by molar-refractivity contribution is 7.89. The molecule has 3 aromatic rings.